The van der Waals surface area contributed by atoms with Crippen LogP contribution in [-0.4, -0.2) is 32.2 Å². The Morgan fingerprint density at radius 2 is 2.04 bits per heavy atom. The highest BCUT2D eigenvalue weighted by Crippen LogP contribution is 2.28. The molecule has 7 heteroatoms. The second-order valence-electron chi connectivity index (χ2n) is 6.64. The SMILES string of the molecule is Cc1ccnc(-n2c(SC3CCCCNC3=O)nc3ccccc3c2=O)c1. The maximum atomic E-state index is 13.2. The van der Waals surface area contributed by atoms with Gasteiger partial charge < -0.3 is 5.32 Å². The van der Waals surface area contributed by atoms with Crippen molar-refractivity contribution in [1.29, 1.82) is 0 Å². The lowest BCUT2D eigenvalue weighted by Crippen LogP contribution is -2.32. The maximum absolute atomic E-state index is 13.2. The zero-order valence-electron chi connectivity index (χ0n) is 15.0. The third-order valence-corrected chi connectivity index (χ3v) is 5.83. The first-order chi connectivity index (χ1) is 13.1. The first-order valence-electron chi connectivity index (χ1n) is 9.03. The molecule has 0 saturated carbocycles. The summed E-state index contributed by atoms with van der Waals surface area (Å²) in [7, 11) is 0. The van der Waals surface area contributed by atoms with E-state index < -0.39 is 0 Å². The van der Waals surface area contributed by atoms with Crippen LogP contribution >= 0.6 is 11.8 Å². The molecule has 27 heavy (non-hydrogen) atoms. The van der Waals surface area contributed by atoms with Crippen LogP contribution < -0.4 is 10.9 Å². The van der Waals surface area contributed by atoms with Gasteiger partial charge in [0.25, 0.3) is 5.56 Å². The van der Waals surface area contributed by atoms with E-state index in [2.05, 4.69) is 10.3 Å². The molecule has 1 amide bonds. The second-order valence-corrected chi connectivity index (χ2v) is 7.81. The molecular formula is C20H20N4O2S. The minimum Gasteiger partial charge on any atom is -0.355 e. The van der Waals surface area contributed by atoms with Crippen LogP contribution in [0.25, 0.3) is 16.7 Å². The first kappa shape index (κ1) is 17.7. The number of aryl methyl sites for hydroxylation is 1. The summed E-state index contributed by atoms with van der Waals surface area (Å²) in [6.07, 6.45) is 4.39. The lowest BCUT2D eigenvalue weighted by Gasteiger charge is -2.16. The molecule has 1 aliphatic heterocycles. The van der Waals surface area contributed by atoms with Crippen molar-refractivity contribution in [2.45, 2.75) is 36.6 Å². The van der Waals surface area contributed by atoms with E-state index in [1.165, 1.54) is 16.3 Å². The van der Waals surface area contributed by atoms with Gasteiger partial charge in [-0.3, -0.25) is 9.59 Å². The number of carbonyl (C=O) groups excluding carboxylic acids is 1. The summed E-state index contributed by atoms with van der Waals surface area (Å²) >= 11 is 1.34. The molecule has 1 fully saturated rings. The van der Waals surface area contributed by atoms with Crippen molar-refractivity contribution >= 4 is 28.6 Å². The smallest absolute Gasteiger partial charge is 0.267 e. The normalized spacial score (nSPS) is 17.5. The predicted octanol–water partition coefficient (Wildman–Crippen LogP) is 2.85. The molecule has 2 aromatic heterocycles. The third kappa shape index (κ3) is 3.60. The van der Waals surface area contributed by atoms with Crippen molar-refractivity contribution < 1.29 is 4.79 Å². The Morgan fingerprint density at radius 3 is 2.89 bits per heavy atom. The summed E-state index contributed by atoms with van der Waals surface area (Å²) < 4.78 is 1.53. The van der Waals surface area contributed by atoms with E-state index in [-0.39, 0.29) is 16.7 Å². The highest BCUT2D eigenvalue weighted by Gasteiger charge is 2.25. The number of fused-ring (bicyclic) bond motifs is 1. The largest absolute Gasteiger partial charge is 0.355 e. The van der Waals surface area contributed by atoms with Gasteiger partial charge >= 0.3 is 0 Å². The molecule has 1 saturated heterocycles. The minimum absolute atomic E-state index is 0.00339. The fourth-order valence-electron chi connectivity index (χ4n) is 3.19. The van der Waals surface area contributed by atoms with E-state index in [1.54, 1.807) is 12.3 Å². The van der Waals surface area contributed by atoms with Crippen LogP contribution in [0.3, 0.4) is 0 Å². The van der Waals surface area contributed by atoms with E-state index in [9.17, 15) is 9.59 Å². The van der Waals surface area contributed by atoms with Gasteiger partial charge in [-0.2, -0.15) is 0 Å². The van der Waals surface area contributed by atoms with Gasteiger partial charge in [-0.25, -0.2) is 14.5 Å². The molecule has 0 spiro atoms. The minimum atomic E-state index is -0.267. The summed E-state index contributed by atoms with van der Waals surface area (Å²) in [6, 6.07) is 11.0. The van der Waals surface area contributed by atoms with E-state index in [0.717, 1.165) is 24.8 Å². The predicted molar refractivity (Wildman–Crippen MR) is 106 cm³/mol. The molecule has 1 N–H and O–H groups in total. The molecule has 0 bridgehead atoms. The summed E-state index contributed by atoms with van der Waals surface area (Å²) in [4.78, 5) is 34.7. The Balaban J connectivity index is 1.88. The summed E-state index contributed by atoms with van der Waals surface area (Å²) in [6.45, 7) is 2.66. The number of benzene rings is 1. The number of para-hydroxylation sites is 1. The van der Waals surface area contributed by atoms with Crippen LogP contribution in [0.2, 0.25) is 0 Å². The highest BCUT2D eigenvalue weighted by molar-refractivity contribution is 8.00. The Hall–Kier alpha value is -2.67. The molecular weight excluding hydrogens is 360 g/mol. The summed E-state index contributed by atoms with van der Waals surface area (Å²) in [5.41, 5.74) is 1.46. The van der Waals surface area contributed by atoms with E-state index in [4.69, 9.17) is 4.98 Å². The number of aromatic nitrogens is 3. The van der Waals surface area contributed by atoms with Crippen LogP contribution in [0.4, 0.5) is 0 Å². The number of rotatable bonds is 3. The van der Waals surface area contributed by atoms with Gasteiger partial charge in [0.05, 0.1) is 16.2 Å². The lowest BCUT2D eigenvalue weighted by molar-refractivity contribution is -0.120. The number of thioether (sulfide) groups is 1. The van der Waals surface area contributed by atoms with Crippen LogP contribution in [0, 0.1) is 6.92 Å². The monoisotopic (exact) mass is 380 g/mol. The molecule has 1 unspecified atom stereocenters. The van der Waals surface area contributed by atoms with Crippen molar-refractivity contribution in [3.63, 3.8) is 0 Å². The average molecular weight is 380 g/mol. The van der Waals surface area contributed by atoms with Gasteiger partial charge in [0.15, 0.2) is 5.16 Å². The number of nitrogens with zero attached hydrogens (tertiary/aromatic N) is 3. The highest BCUT2D eigenvalue weighted by atomic mass is 32.2. The van der Waals surface area contributed by atoms with Crippen molar-refractivity contribution in [2.75, 3.05) is 6.54 Å². The Kier molecular flexibility index (Phi) is 4.94. The van der Waals surface area contributed by atoms with E-state index in [0.29, 0.717) is 28.4 Å². The number of amides is 1. The molecule has 3 heterocycles. The lowest BCUT2D eigenvalue weighted by atomic mass is 10.2. The van der Waals surface area contributed by atoms with Crippen molar-refractivity contribution in [3.8, 4) is 5.82 Å². The van der Waals surface area contributed by atoms with Gasteiger partial charge in [0.2, 0.25) is 5.91 Å². The number of hydrogen-bond acceptors (Lipinski definition) is 5. The van der Waals surface area contributed by atoms with Crippen molar-refractivity contribution in [3.05, 3.63) is 58.5 Å². The zero-order valence-corrected chi connectivity index (χ0v) is 15.8. The summed E-state index contributed by atoms with van der Waals surface area (Å²) in [5, 5.41) is 3.71. The zero-order chi connectivity index (χ0) is 18.8. The second kappa shape index (κ2) is 7.52. The van der Waals surface area contributed by atoms with Gasteiger partial charge in [0, 0.05) is 12.7 Å². The summed E-state index contributed by atoms with van der Waals surface area (Å²) in [5.74, 6) is 0.526. The van der Waals surface area contributed by atoms with Crippen molar-refractivity contribution in [1.82, 2.24) is 19.9 Å². The van der Waals surface area contributed by atoms with E-state index in [1.807, 2.05) is 37.3 Å². The number of carbonyl (C=O) groups is 1. The Labute approximate surface area is 161 Å². The Bertz CT molecular complexity index is 1060. The molecule has 3 aromatic rings. The van der Waals surface area contributed by atoms with Crippen LogP contribution in [-0.2, 0) is 4.79 Å². The fourth-order valence-corrected chi connectivity index (χ4v) is 4.35. The molecule has 0 aliphatic carbocycles. The third-order valence-electron chi connectivity index (χ3n) is 4.61. The fraction of sp³-hybridized carbons (Fsp3) is 0.300. The van der Waals surface area contributed by atoms with Gasteiger partial charge in [-0.15, -0.1) is 0 Å². The van der Waals surface area contributed by atoms with Crippen LogP contribution in [0.5, 0.6) is 0 Å². The Morgan fingerprint density at radius 1 is 1.19 bits per heavy atom. The average Bonchev–Trinajstić information content (AvgIpc) is 2.86. The molecule has 1 aliphatic rings. The topological polar surface area (TPSA) is 76.9 Å². The number of pyridine rings is 1. The molecule has 6 nitrogen and oxygen atoms in total. The van der Waals surface area contributed by atoms with Gasteiger partial charge in [-0.1, -0.05) is 30.3 Å². The molecule has 0 radical (unpaired) electrons. The van der Waals surface area contributed by atoms with Crippen LogP contribution in [0.15, 0.2) is 52.5 Å². The molecule has 1 aromatic carbocycles. The van der Waals surface area contributed by atoms with Gasteiger partial charge in [0.1, 0.15) is 5.82 Å². The number of nitrogens with one attached hydrogen (secondary N) is 1. The quantitative estimate of drug-likeness (QED) is 0.707. The standard InChI is InChI=1S/C20H20N4O2S/c1-13-9-11-21-17(12-13)24-19(26)14-6-2-3-7-15(14)23-20(24)27-16-8-4-5-10-22-18(16)25/h2-3,6-7,9,11-12,16H,4-5,8,10H2,1H3,(H,22,25). The van der Waals surface area contributed by atoms with Crippen molar-refractivity contribution in [2.24, 2.45) is 0 Å². The van der Waals surface area contributed by atoms with E-state index >= 15 is 0 Å². The van der Waals surface area contributed by atoms with Gasteiger partial charge in [-0.05, 0) is 49.6 Å². The number of hydrogen-bond donors (Lipinski definition) is 1. The molecule has 1 atom stereocenters. The molecule has 4 rings (SSSR count). The van der Waals surface area contributed by atoms with Crippen LogP contribution in [0.1, 0.15) is 24.8 Å². The first-order valence-corrected chi connectivity index (χ1v) is 9.90. The maximum Gasteiger partial charge on any atom is 0.267 e. The molecule has 138 valence electrons.